The summed E-state index contributed by atoms with van der Waals surface area (Å²) >= 11 is 0. The summed E-state index contributed by atoms with van der Waals surface area (Å²) in [4.78, 5) is 25.9. The van der Waals surface area contributed by atoms with Crippen molar-refractivity contribution in [1.82, 2.24) is 5.32 Å². The van der Waals surface area contributed by atoms with Gasteiger partial charge in [-0.15, -0.1) is 0 Å². The van der Waals surface area contributed by atoms with E-state index in [1.54, 1.807) is 0 Å². The van der Waals surface area contributed by atoms with Crippen molar-refractivity contribution in [3.63, 3.8) is 0 Å². The highest BCUT2D eigenvalue weighted by molar-refractivity contribution is 5.77. The minimum atomic E-state index is -0.805. The zero-order valence-electron chi connectivity index (χ0n) is 33.4. The van der Waals surface area contributed by atoms with Crippen LogP contribution >= 0.6 is 0 Å². The molecule has 0 heterocycles. The molecule has 3 atom stereocenters. The number of allylic oxidation sites excluding steroid dienone is 14. The van der Waals surface area contributed by atoms with Crippen molar-refractivity contribution in [1.29, 1.82) is 0 Å². The Kier molecular flexibility index (Phi) is 37.0. The summed E-state index contributed by atoms with van der Waals surface area (Å²) in [6.45, 7) is 6.13. The number of amides is 1. The van der Waals surface area contributed by atoms with Crippen molar-refractivity contribution in [3.05, 3.63) is 85.1 Å². The molecule has 0 aromatic carbocycles. The van der Waals surface area contributed by atoms with Gasteiger partial charge in [0.15, 0.2) is 0 Å². The lowest BCUT2D eigenvalue weighted by molar-refractivity contribution is -0.151. The van der Waals surface area contributed by atoms with Crippen molar-refractivity contribution in [2.24, 2.45) is 0 Å². The number of hydrogen-bond acceptors (Lipinski definition) is 5. The SMILES string of the molecule is CC/C=C/C=C/C=C\C=C/CCCCCC(=O)OC(CCCCC\C=C/C=C/C=C/CC)CC(=O)NC(CO)C(O)CCCCCCCCCCC. The number of carbonyl (C=O) groups is 2. The maximum atomic E-state index is 13.1. The molecule has 0 spiro atoms. The molecule has 3 N–H and O–H groups in total. The van der Waals surface area contributed by atoms with Crippen LogP contribution in [0.4, 0.5) is 0 Å². The van der Waals surface area contributed by atoms with Crippen LogP contribution in [-0.2, 0) is 14.3 Å². The molecule has 0 radical (unpaired) electrons. The minimum Gasteiger partial charge on any atom is -0.462 e. The summed E-state index contributed by atoms with van der Waals surface area (Å²) in [5, 5.41) is 23.5. The Morgan fingerprint density at radius 3 is 1.58 bits per heavy atom. The van der Waals surface area contributed by atoms with Crippen LogP contribution in [0.1, 0.15) is 168 Å². The van der Waals surface area contributed by atoms with Gasteiger partial charge in [0.1, 0.15) is 6.10 Å². The van der Waals surface area contributed by atoms with Gasteiger partial charge >= 0.3 is 5.97 Å². The quantitative estimate of drug-likeness (QED) is 0.0344. The molecule has 0 rings (SSSR count). The topological polar surface area (TPSA) is 95.9 Å². The van der Waals surface area contributed by atoms with Gasteiger partial charge < -0.3 is 20.3 Å². The first-order valence-corrected chi connectivity index (χ1v) is 20.9. The van der Waals surface area contributed by atoms with Gasteiger partial charge in [0.2, 0.25) is 5.91 Å². The van der Waals surface area contributed by atoms with E-state index >= 15 is 0 Å². The second-order valence-corrected chi connectivity index (χ2v) is 13.8. The molecule has 52 heavy (non-hydrogen) atoms. The number of carbonyl (C=O) groups excluding carboxylic acids is 2. The Bertz CT molecular complexity index is 1040. The number of rotatable bonds is 35. The fourth-order valence-corrected chi connectivity index (χ4v) is 5.73. The predicted molar refractivity (Wildman–Crippen MR) is 222 cm³/mol. The Balaban J connectivity index is 4.76. The predicted octanol–water partition coefficient (Wildman–Crippen LogP) is 11.7. The molecule has 6 heteroatoms. The highest BCUT2D eigenvalue weighted by atomic mass is 16.5. The van der Waals surface area contributed by atoms with Gasteiger partial charge in [-0.1, -0.05) is 176 Å². The molecule has 0 aliphatic heterocycles. The van der Waals surface area contributed by atoms with Crippen molar-refractivity contribution in [3.8, 4) is 0 Å². The summed E-state index contributed by atoms with van der Waals surface area (Å²) in [5.41, 5.74) is 0. The number of aliphatic hydroxyl groups excluding tert-OH is 2. The molecule has 0 aromatic rings. The summed E-state index contributed by atoms with van der Waals surface area (Å²) in [6.07, 6.45) is 49.3. The largest absolute Gasteiger partial charge is 0.462 e. The van der Waals surface area contributed by atoms with Crippen LogP contribution in [0, 0.1) is 0 Å². The summed E-state index contributed by atoms with van der Waals surface area (Å²) < 4.78 is 5.84. The van der Waals surface area contributed by atoms with Gasteiger partial charge in [0, 0.05) is 6.42 Å². The van der Waals surface area contributed by atoms with Crippen molar-refractivity contribution < 1.29 is 24.5 Å². The Hall–Kier alpha value is -2.96. The maximum absolute atomic E-state index is 13.1. The molecule has 0 aromatic heterocycles. The van der Waals surface area contributed by atoms with Crippen LogP contribution in [0.3, 0.4) is 0 Å². The normalized spacial score (nSPS) is 14.3. The summed E-state index contributed by atoms with van der Waals surface area (Å²) in [7, 11) is 0. The van der Waals surface area contributed by atoms with Gasteiger partial charge in [-0.3, -0.25) is 9.59 Å². The van der Waals surface area contributed by atoms with E-state index in [0.717, 1.165) is 83.5 Å². The molecule has 0 fully saturated rings. The van der Waals surface area contributed by atoms with E-state index in [4.69, 9.17) is 4.74 Å². The smallest absolute Gasteiger partial charge is 0.306 e. The van der Waals surface area contributed by atoms with E-state index < -0.39 is 18.2 Å². The monoisotopic (exact) mass is 724 g/mol. The van der Waals surface area contributed by atoms with Crippen molar-refractivity contribution in [2.45, 2.75) is 187 Å². The number of nitrogens with one attached hydrogen (secondary N) is 1. The lowest BCUT2D eigenvalue weighted by Crippen LogP contribution is -2.46. The average Bonchev–Trinajstić information content (AvgIpc) is 3.13. The van der Waals surface area contributed by atoms with Crippen LogP contribution in [0.15, 0.2) is 85.1 Å². The van der Waals surface area contributed by atoms with Gasteiger partial charge in [0.05, 0.1) is 25.2 Å². The molecule has 0 bridgehead atoms. The second-order valence-electron chi connectivity index (χ2n) is 13.8. The molecular formula is C46H77NO5. The third-order valence-corrected chi connectivity index (χ3v) is 8.88. The Morgan fingerprint density at radius 2 is 1.04 bits per heavy atom. The van der Waals surface area contributed by atoms with Crippen LogP contribution in [0.2, 0.25) is 0 Å². The molecule has 0 aliphatic rings. The van der Waals surface area contributed by atoms with E-state index in [1.165, 1.54) is 38.5 Å². The minimum absolute atomic E-state index is 0.0331. The highest BCUT2D eigenvalue weighted by Crippen LogP contribution is 2.16. The van der Waals surface area contributed by atoms with Crippen molar-refractivity contribution in [2.75, 3.05) is 6.61 Å². The van der Waals surface area contributed by atoms with Gasteiger partial charge in [0.25, 0.3) is 0 Å². The first kappa shape index (κ1) is 49.0. The van der Waals surface area contributed by atoms with Crippen LogP contribution < -0.4 is 5.32 Å². The Morgan fingerprint density at radius 1 is 0.577 bits per heavy atom. The zero-order chi connectivity index (χ0) is 38.2. The van der Waals surface area contributed by atoms with Crippen LogP contribution in [0.25, 0.3) is 0 Å². The second kappa shape index (κ2) is 39.3. The molecule has 0 saturated carbocycles. The number of hydrogen-bond donors (Lipinski definition) is 3. The first-order valence-electron chi connectivity index (χ1n) is 20.9. The lowest BCUT2D eigenvalue weighted by atomic mass is 10.0. The standard InChI is InChI=1S/C46H77NO5/c1-4-7-10-13-16-19-21-22-24-27-30-33-36-39-46(51)52-42(37-34-31-28-26-23-20-17-14-11-8-5-2)40-45(50)47-43(41-48)44(49)38-35-32-29-25-18-15-12-9-6-3/h7-8,10-11,13-14,16-17,19-24,42-44,48-49H,4-6,9,12,15,18,25-41H2,1-3H3,(H,47,50)/b10-7+,11-8+,16-13+,17-14+,21-19-,23-20-,24-22-. The van der Waals surface area contributed by atoms with Gasteiger partial charge in [-0.05, 0) is 64.2 Å². The maximum Gasteiger partial charge on any atom is 0.306 e. The zero-order valence-corrected chi connectivity index (χ0v) is 33.4. The van der Waals surface area contributed by atoms with Gasteiger partial charge in [-0.25, -0.2) is 0 Å². The Labute approximate surface area is 319 Å². The molecule has 1 amide bonds. The fraction of sp³-hybridized carbons (Fsp3) is 0.652. The molecule has 296 valence electrons. The molecule has 0 saturated heterocycles. The molecular weight excluding hydrogens is 647 g/mol. The highest BCUT2D eigenvalue weighted by Gasteiger charge is 2.24. The van der Waals surface area contributed by atoms with Crippen LogP contribution in [-0.4, -0.2) is 46.9 Å². The van der Waals surface area contributed by atoms with Crippen molar-refractivity contribution >= 4 is 11.9 Å². The number of aliphatic hydroxyl groups is 2. The third-order valence-electron chi connectivity index (χ3n) is 8.88. The van der Waals surface area contributed by atoms with E-state index in [2.05, 4.69) is 62.5 Å². The lowest BCUT2D eigenvalue weighted by Gasteiger charge is -2.24. The van der Waals surface area contributed by atoms with Crippen LogP contribution in [0.5, 0.6) is 0 Å². The number of esters is 1. The van der Waals surface area contributed by atoms with E-state index in [0.29, 0.717) is 19.3 Å². The third kappa shape index (κ3) is 34.1. The average molecular weight is 724 g/mol. The molecule has 3 unspecified atom stereocenters. The number of ether oxygens (including phenoxy) is 1. The van der Waals surface area contributed by atoms with E-state index in [1.807, 2.05) is 48.6 Å². The fourth-order valence-electron chi connectivity index (χ4n) is 5.73. The molecule has 0 aliphatic carbocycles. The van der Waals surface area contributed by atoms with Gasteiger partial charge in [-0.2, -0.15) is 0 Å². The summed E-state index contributed by atoms with van der Waals surface area (Å²) in [6, 6.07) is -0.722. The van der Waals surface area contributed by atoms with E-state index in [-0.39, 0.29) is 24.9 Å². The first-order chi connectivity index (χ1) is 25.5. The number of unbranched alkanes of at least 4 members (excludes halogenated alkanes) is 14. The summed E-state index contributed by atoms with van der Waals surface area (Å²) in [5.74, 6) is -0.570. The molecule has 6 nitrogen and oxygen atoms in total. The van der Waals surface area contributed by atoms with E-state index in [9.17, 15) is 19.8 Å².